The standard InChI is InChI=1S/C14H9ClF2O2/c1-7-5-9(10(15)6-12(7)17)8-3-2-4-11(16)13(8)14(18)19/h2-6H,1H3,(H,18,19). The largest absolute Gasteiger partial charge is 0.478 e. The highest BCUT2D eigenvalue weighted by atomic mass is 35.5. The second kappa shape index (κ2) is 4.97. The van der Waals surface area contributed by atoms with Crippen LogP contribution >= 0.6 is 11.6 Å². The molecule has 19 heavy (non-hydrogen) atoms. The lowest BCUT2D eigenvalue weighted by Gasteiger charge is -2.10. The van der Waals surface area contributed by atoms with Crippen molar-refractivity contribution in [3.63, 3.8) is 0 Å². The van der Waals surface area contributed by atoms with Gasteiger partial charge in [-0.15, -0.1) is 0 Å². The maximum Gasteiger partial charge on any atom is 0.339 e. The third kappa shape index (κ3) is 2.44. The number of halogens is 3. The monoisotopic (exact) mass is 282 g/mol. The van der Waals surface area contributed by atoms with Gasteiger partial charge in [-0.05, 0) is 30.7 Å². The Bertz CT molecular complexity index is 669. The smallest absolute Gasteiger partial charge is 0.339 e. The Morgan fingerprint density at radius 2 is 1.84 bits per heavy atom. The van der Waals surface area contributed by atoms with Gasteiger partial charge in [0.2, 0.25) is 0 Å². The van der Waals surface area contributed by atoms with E-state index >= 15 is 0 Å². The maximum absolute atomic E-state index is 13.6. The van der Waals surface area contributed by atoms with Crippen LogP contribution in [0.3, 0.4) is 0 Å². The Labute approximate surface area is 113 Å². The number of aryl methyl sites for hydroxylation is 1. The van der Waals surface area contributed by atoms with Crippen LogP contribution in [0.2, 0.25) is 5.02 Å². The number of rotatable bonds is 2. The third-order valence-corrected chi connectivity index (χ3v) is 3.08. The van der Waals surface area contributed by atoms with Crippen LogP contribution in [0.5, 0.6) is 0 Å². The van der Waals surface area contributed by atoms with Crippen molar-refractivity contribution in [3.05, 3.63) is 58.1 Å². The highest BCUT2D eigenvalue weighted by Gasteiger charge is 2.19. The molecular weight excluding hydrogens is 274 g/mol. The van der Waals surface area contributed by atoms with E-state index < -0.39 is 23.2 Å². The van der Waals surface area contributed by atoms with Crippen LogP contribution in [-0.2, 0) is 0 Å². The summed E-state index contributed by atoms with van der Waals surface area (Å²) in [5, 5.41) is 9.10. The molecule has 2 aromatic carbocycles. The molecule has 2 aromatic rings. The second-order valence-corrected chi connectivity index (χ2v) is 4.46. The first-order chi connectivity index (χ1) is 8.91. The first-order valence-corrected chi connectivity index (χ1v) is 5.77. The number of hydrogen-bond acceptors (Lipinski definition) is 1. The minimum atomic E-state index is -1.40. The zero-order chi connectivity index (χ0) is 14.2. The summed E-state index contributed by atoms with van der Waals surface area (Å²) in [7, 11) is 0. The van der Waals surface area contributed by atoms with E-state index in [1.807, 2.05) is 0 Å². The van der Waals surface area contributed by atoms with Gasteiger partial charge in [0.15, 0.2) is 0 Å². The van der Waals surface area contributed by atoms with E-state index in [1.54, 1.807) is 0 Å². The summed E-state index contributed by atoms with van der Waals surface area (Å²) in [5.74, 6) is -2.75. The Balaban J connectivity index is 2.76. The van der Waals surface area contributed by atoms with Crippen LogP contribution in [0, 0.1) is 18.6 Å². The molecule has 0 fully saturated rings. The number of carbonyl (C=O) groups is 1. The molecule has 0 aliphatic heterocycles. The lowest BCUT2D eigenvalue weighted by Crippen LogP contribution is -2.04. The summed E-state index contributed by atoms with van der Waals surface area (Å²) < 4.78 is 26.9. The second-order valence-electron chi connectivity index (χ2n) is 4.05. The van der Waals surface area contributed by atoms with Crippen LogP contribution in [0.1, 0.15) is 15.9 Å². The van der Waals surface area contributed by atoms with Gasteiger partial charge in [0.05, 0.1) is 5.02 Å². The van der Waals surface area contributed by atoms with Crippen LogP contribution in [-0.4, -0.2) is 11.1 Å². The summed E-state index contributed by atoms with van der Waals surface area (Å²) in [6.07, 6.45) is 0. The van der Waals surface area contributed by atoms with Crippen molar-refractivity contribution >= 4 is 17.6 Å². The molecule has 2 rings (SSSR count). The molecule has 0 radical (unpaired) electrons. The van der Waals surface area contributed by atoms with Crippen molar-refractivity contribution < 1.29 is 18.7 Å². The van der Waals surface area contributed by atoms with Crippen LogP contribution < -0.4 is 0 Å². The Hall–Kier alpha value is -1.94. The zero-order valence-electron chi connectivity index (χ0n) is 9.88. The summed E-state index contributed by atoms with van der Waals surface area (Å²) in [5.41, 5.74) is 0.244. The molecule has 98 valence electrons. The molecule has 0 aromatic heterocycles. The molecule has 0 bridgehead atoms. The molecule has 2 nitrogen and oxygen atoms in total. The molecule has 0 aliphatic rings. The van der Waals surface area contributed by atoms with Gasteiger partial charge in [0.1, 0.15) is 17.2 Å². The Kier molecular flexibility index (Phi) is 3.53. The van der Waals surface area contributed by atoms with Gasteiger partial charge in [0, 0.05) is 11.1 Å². The third-order valence-electron chi connectivity index (χ3n) is 2.77. The van der Waals surface area contributed by atoms with Crippen molar-refractivity contribution in [3.8, 4) is 11.1 Å². The average molecular weight is 283 g/mol. The van der Waals surface area contributed by atoms with E-state index in [4.69, 9.17) is 16.7 Å². The Morgan fingerprint density at radius 1 is 1.16 bits per heavy atom. The van der Waals surface area contributed by atoms with Gasteiger partial charge >= 0.3 is 5.97 Å². The van der Waals surface area contributed by atoms with Crippen molar-refractivity contribution in [1.82, 2.24) is 0 Å². The lowest BCUT2D eigenvalue weighted by atomic mass is 9.97. The number of benzene rings is 2. The van der Waals surface area contributed by atoms with E-state index in [0.29, 0.717) is 5.56 Å². The highest BCUT2D eigenvalue weighted by molar-refractivity contribution is 6.33. The van der Waals surface area contributed by atoms with Gasteiger partial charge in [-0.3, -0.25) is 0 Å². The minimum absolute atomic E-state index is 0.0381. The van der Waals surface area contributed by atoms with Crippen LogP contribution in [0.15, 0.2) is 30.3 Å². The topological polar surface area (TPSA) is 37.3 Å². The molecule has 0 saturated carbocycles. The SMILES string of the molecule is Cc1cc(-c2cccc(F)c2C(=O)O)c(Cl)cc1F. The molecule has 0 spiro atoms. The van der Waals surface area contributed by atoms with E-state index in [2.05, 4.69) is 0 Å². The highest BCUT2D eigenvalue weighted by Crippen LogP contribution is 2.33. The summed E-state index contributed by atoms with van der Waals surface area (Å²) in [4.78, 5) is 11.1. The zero-order valence-corrected chi connectivity index (χ0v) is 10.6. The van der Waals surface area contributed by atoms with E-state index in [-0.39, 0.29) is 16.1 Å². The minimum Gasteiger partial charge on any atom is -0.478 e. The average Bonchev–Trinajstić information content (AvgIpc) is 2.33. The molecule has 1 N–H and O–H groups in total. The number of carboxylic acids is 1. The van der Waals surface area contributed by atoms with E-state index in [0.717, 1.165) is 12.1 Å². The van der Waals surface area contributed by atoms with Gasteiger partial charge in [-0.25, -0.2) is 13.6 Å². The normalized spacial score (nSPS) is 10.5. The fraction of sp³-hybridized carbons (Fsp3) is 0.0714. The molecule has 0 atom stereocenters. The van der Waals surface area contributed by atoms with E-state index in [1.165, 1.54) is 25.1 Å². The molecule has 0 saturated heterocycles. The fourth-order valence-corrected chi connectivity index (χ4v) is 2.08. The van der Waals surface area contributed by atoms with Gasteiger partial charge < -0.3 is 5.11 Å². The Morgan fingerprint density at radius 3 is 2.47 bits per heavy atom. The quantitative estimate of drug-likeness (QED) is 0.892. The van der Waals surface area contributed by atoms with Crippen molar-refractivity contribution in [2.75, 3.05) is 0 Å². The van der Waals surface area contributed by atoms with Crippen molar-refractivity contribution in [2.24, 2.45) is 0 Å². The molecule has 0 unspecified atom stereocenters. The number of carboxylic acid groups (broad SMARTS) is 1. The molecular formula is C14H9ClF2O2. The summed E-state index contributed by atoms with van der Waals surface area (Å²) in [6.45, 7) is 1.52. The first-order valence-electron chi connectivity index (χ1n) is 5.39. The summed E-state index contributed by atoms with van der Waals surface area (Å²) in [6, 6.07) is 6.36. The summed E-state index contributed by atoms with van der Waals surface area (Å²) >= 11 is 5.91. The van der Waals surface area contributed by atoms with Gasteiger partial charge in [0.25, 0.3) is 0 Å². The number of aromatic carboxylic acids is 1. The van der Waals surface area contributed by atoms with Crippen LogP contribution in [0.4, 0.5) is 8.78 Å². The molecule has 0 amide bonds. The fourth-order valence-electron chi connectivity index (χ4n) is 1.83. The number of hydrogen-bond donors (Lipinski definition) is 1. The maximum atomic E-state index is 13.6. The van der Waals surface area contributed by atoms with Crippen molar-refractivity contribution in [1.29, 1.82) is 0 Å². The van der Waals surface area contributed by atoms with E-state index in [9.17, 15) is 13.6 Å². The predicted octanol–water partition coefficient (Wildman–Crippen LogP) is 4.29. The predicted molar refractivity (Wildman–Crippen MR) is 68.5 cm³/mol. The molecule has 0 heterocycles. The van der Waals surface area contributed by atoms with Crippen molar-refractivity contribution in [2.45, 2.75) is 6.92 Å². The van der Waals surface area contributed by atoms with Gasteiger partial charge in [-0.2, -0.15) is 0 Å². The lowest BCUT2D eigenvalue weighted by molar-refractivity contribution is 0.0693. The first kappa shape index (κ1) is 13.5. The molecule has 0 aliphatic carbocycles. The molecule has 5 heteroatoms. The van der Waals surface area contributed by atoms with Crippen LogP contribution in [0.25, 0.3) is 11.1 Å². The van der Waals surface area contributed by atoms with Gasteiger partial charge in [-0.1, -0.05) is 23.7 Å².